The third-order valence-electron chi connectivity index (χ3n) is 12.0. The number of para-hydroxylation sites is 6. The Bertz CT molecular complexity index is 3460. The van der Waals surface area contributed by atoms with E-state index in [1.807, 2.05) is 0 Å². The van der Waals surface area contributed by atoms with E-state index in [-0.39, 0.29) is 0 Å². The Balaban J connectivity index is 1.12. The Morgan fingerprint density at radius 3 is 0.759 bits per heavy atom. The fraction of sp³-hybridized carbons (Fsp3) is 0. The summed E-state index contributed by atoms with van der Waals surface area (Å²) < 4.78 is 9.30. The number of nitrogens with zero attached hydrogens (tertiary/aromatic N) is 6. The van der Waals surface area contributed by atoms with Crippen LogP contribution in [0.5, 0.6) is 0 Å². The number of pyridine rings is 2. The highest BCUT2D eigenvalue weighted by molar-refractivity contribution is 6.23. The molecule has 6 heteroatoms. The molecule has 7 aromatic carbocycles. The van der Waals surface area contributed by atoms with Crippen molar-refractivity contribution in [1.29, 1.82) is 0 Å². The van der Waals surface area contributed by atoms with Crippen LogP contribution >= 0.6 is 0 Å². The Labute approximate surface area is 331 Å². The van der Waals surface area contributed by atoms with Crippen LogP contribution in [0.15, 0.2) is 194 Å². The van der Waals surface area contributed by atoms with Gasteiger partial charge in [-0.2, -0.15) is 0 Å². The van der Waals surface area contributed by atoms with E-state index in [2.05, 4.69) is 212 Å². The van der Waals surface area contributed by atoms with Gasteiger partial charge >= 0.3 is 0 Å². The molecule has 270 valence electrons. The second-order valence-electron chi connectivity index (χ2n) is 15.0. The second kappa shape index (κ2) is 11.8. The zero-order valence-corrected chi connectivity index (χ0v) is 31.2. The van der Waals surface area contributed by atoms with Gasteiger partial charge in [0, 0.05) is 43.1 Å². The molecule has 58 heavy (non-hydrogen) atoms. The monoisotopic (exact) mass is 740 g/mol. The molecule has 13 rings (SSSR count). The molecule has 6 heterocycles. The van der Waals surface area contributed by atoms with Gasteiger partial charge in [-0.15, -0.1) is 0 Å². The van der Waals surface area contributed by atoms with Crippen LogP contribution in [0.2, 0.25) is 0 Å². The fourth-order valence-corrected chi connectivity index (χ4v) is 9.64. The highest BCUT2D eigenvalue weighted by atomic mass is 15.2. The summed E-state index contributed by atoms with van der Waals surface area (Å²) >= 11 is 0. The van der Waals surface area contributed by atoms with Crippen LogP contribution in [0.1, 0.15) is 0 Å². The smallest absolute Gasteiger partial charge is 0.140 e. The number of aromatic nitrogens is 6. The van der Waals surface area contributed by atoms with Crippen LogP contribution < -0.4 is 0 Å². The predicted octanol–water partition coefficient (Wildman–Crippen LogP) is 12.9. The summed E-state index contributed by atoms with van der Waals surface area (Å²) in [6.07, 6.45) is 0. The third kappa shape index (κ3) is 4.20. The van der Waals surface area contributed by atoms with E-state index in [0.717, 1.165) is 78.2 Å². The van der Waals surface area contributed by atoms with Crippen molar-refractivity contribution in [3.05, 3.63) is 194 Å². The molecular formula is C52H32N6. The highest BCUT2D eigenvalue weighted by Gasteiger charge is 2.23. The van der Waals surface area contributed by atoms with E-state index in [1.54, 1.807) is 0 Å². The molecule has 0 atom stereocenters. The minimum Gasteiger partial charge on any atom is -0.294 e. The summed E-state index contributed by atoms with van der Waals surface area (Å²) in [5.74, 6) is 3.44. The van der Waals surface area contributed by atoms with Gasteiger partial charge in [0.15, 0.2) is 0 Å². The summed E-state index contributed by atoms with van der Waals surface area (Å²) in [4.78, 5) is 11.0. The maximum atomic E-state index is 5.52. The van der Waals surface area contributed by atoms with E-state index in [9.17, 15) is 0 Å². The number of hydrogen-bond donors (Lipinski definition) is 0. The largest absolute Gasteiger partial charge is 0.294 e. The molecule has 13 aromatic rings. The normalized spacial score (nSPS) is 12.1. The number of fused-ring (bicyclic) bond motifs is 13. The standard InChI is InChI=1S/C52H32N6/c1-7-21-41-33(15-1)34-16-2-8-22-42(34)55(41)47-27-13-29-49(53-47)57-45-25-11-5-19-37(45)39-31-32-40-38-20-6-12-26-46(38)58(52(40)51(39)57)50-30-14-28-48(54-50)56-43-23-9-3-17-35(43)36-18-4-10-24-44(36)56/h1-32H. The first-order chi connectivity index (χ1) is 28.8. The van der Waals surface area contributed by atoms with E-state index < -0.39 is 0 Å². The lowest BCUT2D eigenvalue weighted by Gasteiger charge is -2.14. The molecule has 0 saturated carbocycles. The van der Waals surface area contributed by atoms with Crippen LogP contribution in [0, 0.1) is 0 Å². The van der Waals surface area contributed by atoms with Gasteiger partial charge in [0.1, 0.15) is 23.3 Å². The van der Waals surface area contributed by atoms with Gasteiger partial charge in [-0.25, -0.2) is 9.97 Å². The summed E-state index contributed by atoms with van der Waals surface area (Å²) in [6.45, 7) is 0. The lowest BCUT2D eigenvalue weighted by Crippen LogP contribution is -2.05. The molecule has 0 fully saturated rings. The highest BCUT2D eigenvalue weighted by Crippen LogP contribution is 2.42. The maximum absolute atomic E-state index is 5.52. The van der Waals surface area contributed by atoms with Crippen LogP contribution in [0.3, 0.4) is 0 Å². The molecule has 0 aliphatic rings. The van der Waals surface area contributed by atoms with E-state index in [4.69, 9.17) is 9.97 Å². The molecule has 0 N–H and O–H groups in total. The predicted molar refractivity (Wildman–Crippen MR) is 239 cm³/mol. The van der Waals surface area contributed by atoms with Crippen molar-refractivity contribution in [2.45, 2.75) is 0 Å². The Kier molecular flexibility index (Phi) is 6.35. The van der Waals surface area contributed by atoms with Crippen LogP contribution in [-0.2, 0) is 0 Å². The molecule has 0 saturated heterocycles. The first kappa shape index (κ1) is 31.3. The molecule has 0 bridgehead atoms. The van der Waals surface area contributed by atoms with Crippen molar-refractivity contribution in [2.75, 3.05) is 0 Å². The van der Waals surface area contributed by atoms with Gasteiger partial charge in [-0.1, -0.05) is 133 Å². The molecule has 6 nitrogen and oxygen atoms in total. The molecule has 0 aliphatic carbocycles. The minimum absolute atomic E-state index is 0.849. The average Bonchev–Trinajstić information content (AvgIpc) is 4.02. The summed E-state index contributed by atoms with van der Waals surface area (Å²) in [6, 6.07) is 69.1. The Morgan fingerprint density at radius 1 is 0.207 bits per heavy atom. The van der Waals surface area contributed by atoms with Crippen LogP contribution in [-0.4, -0.2) is 28.2 Å². The first-order valence-corrected chi connectivity index (χ1v) is 19.7. The fourth-order valence-electron chi connectivity index (χ4n) is 9.64. The van der Waals surface area contributed by atoms with Crippen molar-refractivity contribution in [2.24, 2.45) is 0 Å². The Morgan fingerprint density at radius 2 is 0.448 bits per heavy atom. The quantitative estimate of drug-likeness (QED) is 0.180. The van der Waals surface area contributed by atoms with Gasteiger partial charge in [0.25, 0.3) is 0 Å². The molecule has 0 aliphatic heterocycles. The van der Waals surface area contributed by atoms with Crippen molar-refractivity contribution in [1.82, 2.24) is 28.2 Å². The molecule has 0 spiro atoms. The zero-order chi connectivity index (χ0) is 37.9. The topological polar surface area (TPSA) is 45.5 Å². The molecular weight excluding hydrogens is 709 g/mol. The number of hydrogen-bond acceptors (Lipinski definition) is 2. The van der Waals surface area contributed by atoms with Crippen LogP contribution in [0.25, 0.3) is 110 Å². The van der Waals surface area contributed by atoms with E-state index in [0.29, 0.717) is 0 Å². The van der Waals surface area contributed by atoms with Gasteiger partial charge in [-0.3, -0.25) is 18.3 Å². The van der Waals surface area contributed by atoms with Gasteiger partial charge in [0.05, 0.1) is 44.1 Å². The third-order valence-corrected chi connectivity index (χ3v) is 12.0. The lowest BCUT2D eigenvalue weighted by atomic mass is 10.1. The van der Waals surface area contributed by atoms with Gasteiger partial charge < -0.3 is 0 Å². The van der Waals surface area contributed by atoms with Gasteiger partial charge in [-0.05, 0) is 60.7 Å². The molecule has 0 unspecified atom stereocenters. The molecule has 0 radical (unpaired) electrons. The van der Waals surface area contributed by atoms with Crippen molar-refractivity contribution in [3.63, 3.8) is 0 Å². The van der Waals surface area contributed by atoms with Crippen LogP contribution in [0.4, 0.5) is 0 Å². The van der Waals surface area contributed by atoms with E-state index >= 15 is 0 Å². The van der Waals surface area contributed by atoms with E-state index in [1.165, 1.54) is 32.3 Å². The molecule has 6 aromatic heterocycles. The van der Waals surface area contributed by atoms with Gasteiger partial charge in [0.2, 0.25) is 0 Å². The molecule has 0 amide bonds. The number of rotatable bonds is 4. The maximum Gasteiger partial charge on any atom is 0.140 e. The summed E-state index contributed by atoms with van der Waals surface area (Å²) in [7, 11) is 0. The summed E-state index contributed by atoms with van der Waals surface area (Å²) in [5, 5.41) is 9.52. The number of benzene rings is 7. The zero-order valence-electron chi connectivity index (χ0n) is 31.2. The first-order valence-electron chi connectivity index (χ1n) is 19.7. The van der Waals surface area contributed by atoms with Crippen molar-refractivity contribution >= 4 is 87.2 Å². The second-order valence-corrected chi connectivity index (χ2v) is 15.0. The summed E-state index contributed by atoms with van der Waals surface area (Å²) in [5.41, 5.74) is 8.90. The lowest BCUT2D eigenvalue weighted by molar-refractivity contribution is 1.00. The minimum atomic E-state index is 0.849. The van der Waals surface area contributed by atoms with Crippen molar-refractivity contribution in [3.8, 4) is 23.3 Å². The average molecular weight is 741 g/mol. The Hall–Kier alpha value is -7.96. The van der Waals surface area contributed by atoms with Crippen molar-refractivity contribution < 1.29 is 0 Å². The SMILES string of the molecule is c1cc(-n2c3ccccc3c3ccccc32)nc(-n2c3ccccc3c3ccc4c5ccccc5n(-c5cccc(-n6c7ccccc7c7ccccc76)n5)c4c32)c1.